The summed E-state index contributed by atoms with van der Waals surface area (Å²) in [5.41, 5.74) is 4.71. The van der Waals surface area contributed by atoms with Gasteiger partial charge in [0.2, 0.25) is 0 Å². The fraction of sp³-hybridized carbons (Fsp3) is 0.190. The summed E-state index contributed by atoms with van der Waals surface area (Å²) in [6, 6.07) is 20.4. The number of hydrogen-bond donors (Lipinski definition) is 1. The van der Waals surface area contributed by atoms with Gasteiger partial charge in [-0.3, -0.25) is 0 Å². The van der Waals surface area contributed by atoms with Crippen LogP contribution in [0.25, 0.3) is 0 Å². The predicted octanol–water partition coefficient (Wildman–Crippen LogP) is 5.30. The van der Waals surface area contributed by atoms with Crippen molar-refractivity contribution in [3.63, 3.8) is 0 Å². The van der Waals surface area contributed by atoms with E-state index in [4.69, 9.17) is 16.6 Å². The van der Waals surface area contributed by atoms with Gasteiger partial charge in [-0.2, -0.15) is 0 Å². The van der Waals surface area contributed by atoms with Crippen LogP contribution in [0.4, 0.5) is 5.69 Å². The Morgan fingerprint density at radius 2 is 1.76 bits per heavy atom. The molecule has 0 unspecified atom stereocenters. The van der Waals surface area contributed by atoms with Crippen molar-refractivity contribution in [3.8, 4) is 0 Å². The molecular formula is C21H22N2OS. The lowest BCUT2D eigenvalue weighted by atomic mass is 10.1. The second-order valence-electron chi connectivity index (χ2n) is 6.10. The summed E-state index contributed by atoms with van der Waals surface area (Å²) in [5, 5.41) is 4.09. The van der Waals surface area contributed by atoms with E-state index < -0.39 is 0 Å². The van der Waals surface area contributed by atoms with Crippen molar-refractivity contribution in [1.82, 2.24) is 4.90 Å². The van der Waals surface area contributed by atoms with Crippen molar-refractivity contribution in [2.45, 2.75) is 26.9 Å². The van der Waals surface area contributed by atoms with Crippen LogP contribution in [0.3, 0.4) is 0 Å². The Bertz CT molecular complexity index is 828. The summed E-state index contributed by atoms with van der Waals surface area (Å²) in [7, 11) is 0. The molecule has 0 saturated carbocycles. The van der Waals surface area contributed by atoms with Crippen molar-refractivity contribution < 1.29 is 4.42 Å². The van der Waals surface area contributed by atoms with E-state index in [2.05, 4.69) is 48.3 Å². The number of hydrogen-bond acceptors (Lipinski definition) is 2. The average molecular weight is 350 g/mol. The molecule has 4 heteroatoms. The first kappa shape index (κ1) is 17.2. The van der Waals surface area contributed by atoms with Crippen LogP contribution in [0.5, 0.6) is 0 Å². The van der Waals surface area contributed by atoms with E-state index in [1.165, 1.54) is 16.7 Å². The van der Waals surface area contributed by atoms with Gasteiger partial charge in [0.25, 0.3) is 0 Å². The summed E-state index contributed by atoms with van der Waals surface area (Å²) in [6.07, 6.45) is 1.69. The van der Waals surface area contributed by atoms with Crippen molar-refractivity contribution >= 4 is 23.0 Å². The number of thiocarbonyl (C=S) groups is 1. The Kier molecular flexibility index (Phi) is 5.51. The van der Waals surface area contributed by atoms with Gasteiger partial charge in [-0.1, -0.05) is 42.5 Å². The van der Waals surface area contributed by atoms with Crippen LogP contribution in [0.2, 0.25) is 0 Å². The molecule has 1 N–H and O–H groups in total. The predicted molar refractivity (Wildman–Crippen MR) is 107 cm³/mol. The Hall–Kier alpha value is -2.59. The van der Waals surface area contributed by atoms with Crippen LogP contribution in [0, 0.1) is 13.8 Å². The van der Waals surface area contributed by atoms with Gasteiger partial charge in [-0.05, 0) is 61.0 Å². The van der Waals surface area contributed by atoms with Gasteiger partial charge in [-0.15, -0.1) is 0 Å². The fourth-order valence-electron chi connectivity index (χ4n) is 2.67. The minimum atomic E-state index is 0.624. The van der Waals surface area contributed by atoms with E-state index in [1.807, 2.05) is 36.4 Å². The molecule has 128 valence electrons. The summed E-state index contributed by atoms with van der Waals surface area (Å²) in [6.45, 7) is 5.55. The van der Waals surface area contributed by atoms with Crippen molar-refractivity contribution in [1.29, 1.82) is 0 Å². The quantitative estimate of drug-likeness (QED) is 0.633. The first-order valence-electron chi connectivity index (χ1n) is 8.32. The third kappa shape index (κ3) is 4.48. The van der Waals surface area contributed by atoms with Crippen LogP contribution in [0.15, 0.2) is 71.3 Å². The molecule has 1 heterocycles. The maximum absolute atomic E-state index is 5.71. The molecule has 25 heavy (non-hydrogen) atoms. The zero-order valence-electron chi connectivity index (χ0n) is 14.5. The molecule has 3 nitrogen and oxygen atoms in total. The number of nitrogens with one attached hydrogen (secondary N) is 1. The van der Waals surface area contributed by atoms with E-state index in [0.29, 0.717) is 11.7 Å². The number of anilines is 1. The van der Waals surface area contributed by atoms with Crippen LogP contribution >= 0.6 is 12.2 Å². The van der Waals surface area contributed by atoms with Gasteiger partial charge in [0.05, 0.1) is 12.8 Å². The zero-order chi connectivity index (χ0) is 17.6. The van der Waals surface area contributed by atoms with Gasteiger partial charge in [-0.25, -0.2) is 0 Å². The van der Waals surface area contributed by atoms with Crippen LogP contribution in [-0.2, 0) is 13.1 Å². The molecule has 0 aliphatic heterocycles. The second-order valence-corrected chi connectivity index (χ2v) is 6.49. The molecule has 0 atom stereocenters. The summed E-state index contributed by atoms with van der Waals surface area (Å²) in [5.74, 6) is 0.890. The Morgan fingerprint density at radius 1 is 0.960 bits per heavy atom. The standard InChI is InChI=1S/C21H22N2OS/c1-16-8-6-12-20(17(16)2)22-21(25)23(15-19-11-7-13-24-19)14-18-9-4-3-5-10-18/h3-13H,14-15H2,1-2H3,(H,22,25). The van der Waals surface area contributed by atoms with Gasteiger partial charge < -0.3 is 14.6 Å². The molecule has 0 aliphatic rings. The van der Waals surface area contributed by atoms with Gasteiger partial charge in [0.15, 0.2) is 5.11 Å². The van der Waals surface area contributed by atoms with Gasteiger partial charge in [0, 0.05) is 12.2 Å². The maximum atomic E-state index is 5.71. The largest absolute Gasteiger partial charge is 0.467 e. The number of rotatable bonds is 5. The highest BCUT2D eigenvalue weighted by atomic mass is 32.1. The molecule has 3 aromatic rings. The van der Waals surface area contributed by atoms with E-state index in [9.17, 15) is 0 Å². The average Bonchev–Trinajstić information content (AvgIpc) is 3.12. The van der Waals surface area contributed by atoms with Crippen molar-refractivity contribution in [2.24, 2.45) is 0 Å². The molecule has 0 spiro atoms. The van der Waals surface area contributed by atoms with Crippen LogP contribution < -0.4 is 5.32 Å². The summed E-state index contributed by atoms with van der Waals surface area (Å²) < 4.78 is 5.52. The molecule has 0 radical (unpaired) electrons. The molecule has 2 aromatic carbocycles. The monoisotopic (exact) mass is 350 g/mol. The normalized spacial score (nSPS) is 10.5. The molecular weight excluding hydrogens is 328 g/mol. The number of furan rings is 1. The van der Waals surface area contributed by atoms with Gasteiger partial charge in [0.1, 0.15) is 5.76 Å². The van der Waals surface area contributed by atoms with Gasteiger partial charge >= 0.3 is 0 Å². The lowest BCUT2D eigenvalue weighted by molar-refractivity contribution is 0.360. The first-order chi connectivity index (χ1) is 12.1. The van der Waals surface area contributed by atoms with Crippen molar-refractivity contribution in [2.75, 3.05) is 5.32 Å². The van der Waals surface area contributed by atoms with Crippen LogP contribution in [0.1, 0.15) is 22.5 Å². The topological polar surface area (TPSA) is 28.4 Å². The lowest BCUT2D eigenvalue weighted by Crippen LogP contribution is -2.34. The fourth-order valence-corrected chi connectivity index (χ4v) is 2.91. The highest BCUT2D eigenvalue weighted by Crippen LogP contribution is 2.20. The molecule has 0 saturated heterocycles. The molecule has 0 amide bonds. The number of benzene rings is 2. The first-order valence-corrected chi connectivity index (χ1v) is 8.73. The number of aryl methyl sites for hydroxylation is 1. The molecule has 0 aliphatic carbocycles. The SMILES string of the molecule is Cc1cccc(NC(=S)N(Cc2ccccc2)Cc2ccco2)c1C. The highest BCUT2D eigenvalue weighted by molar-refractivity contribution is 7.80. The molecule has 1 aromatic heterocycles. The highest BCUT2D eigenvalue weighted by Gasteiger charge is 2.14. The third-order valence-electron chi connectivity index (χ3n) is 4.28. The molecule has 0 fully saturated rings. The molecule has 0 bridgehead atoms. The van der Waals surface area contributed by atoms with Crippen LogP contribution in [-0.4, -0.2) is 10.0 Å². The zero-order valence-corrected chi connectivity index (χ0v) is 15.3. The second kappa shape index (κ2) is 7.99. The van der Waals surface area contributed by atoms with E-state index in [-0.39, 0.29) is 0 Å². The van der Waals surface area contributed by atoms with E-state index in [0.717, 1.165) is 18.0 Å². The summed E-state index contributed by atoms with van der Waals surface area (Å²) >= 11 is 5.71. The maximum Gasteiger partial charge on any atom is 0.174 e. The minimum absolute atomic E-state index is 0.624. The van der Waals surface area contributed by atoms with E-state index >= 15 is 0 Å². The lowest BCUT2D eigenvalue weighted by Gasteiger charge is -2.26. The smallest absolute Gasteiger partial charge is 0.174 e. The molecule has 3 rings (SSSR count). The summed E-state index contributed by atoms with van der Waals surface area (Å²) in [4.78, 5) is 2.12. The minimum Gasteiger partial charge on any atom is -0.467 e. The van der Waals surface area contributed by atoms with E-state index in [1.54, 1.807) is 6.26 Å². The Labute approximate surface area is 154 Å². The Balaban J connectivity index is 1.79. The van der Waals surface area contributed by atoms with Crippen molar-refractivity contribution in [3.05, 3.63) is 89.4 Å². The third-order valence-corrected chi connectivity index (χ3v) is 4.64. The Morgan fingerprint density at radius 3 is 2.48 bits per heavy atom. The number of nitrogens with zero attached hydrogens (tertiary/aromatic N) is 1.